The molecule has 8 heteroatoms. The van der Waals surface area contributed by atoms with E-state index in [1.165, 1.54) is 24.3 Å². The Morgan fingerprint density at radius 1 is 0.957 bits per heavy atom. The zero-order chi connectivity index (χ0) is 16.8. The van der Waals surface area contributed by atoms with E-state index in [1.807, 2.05) is 0 Å². The number of hydrogen-bond donors (Lipinski definition) is 0. The van der Waals surface area contributed by atoms with Gasteiger partial charge >= 0.3 is 6.17 Å². The van der Waals surface area contributed by atoms with E-state index in [1.54, 1.807) is 36.4 Å². The van der Waals surface area contributed by atoms with Crippen molar-refractivity contribution in [2.45, 2.75) is 6.17 Å². The summed E-state index contributed by atoms with van der Waals surface area (Å²) >= 11 is 0. The molecule has 0 N–H and O–H groups in total. The van der Waals surface area contributed by atoms with Crippen molar-refractivity contribution < 1.29 is 14.8 Å². The number of ketones is 1. The largest absolute Gasteiger partial charge is 0.362 e. The molecule has 0 saturated carbocycles. The molecular weight excluding hydrogens is 302 g/mol. The van der Waals surface area contributed by atoms with Gasteiger partial charge in [-0.25, -0.2) is 10.1 Å². The summed E-state index contributed by atoms with van der Waals surface area (Å²) < 4.78 is 0. The lowest BCUT2D eigenvalue weighted by Crippen LogP contribution is -2.41. The molecule has 1 atom stereocenters. The van der Waals surface area contributed by atoms with Crippen molar-refractivity contribution in [2.24, 2.45) is 0 Å². The van der Waals surface area contributed by atoms with Crippen LogP contribution in [0, 0.1) is 20.2 Å². The summed E-state index contributed by atoms with van der Waals surface area (Å²) in [7, 11) is 0. The summed E-state index contributed by atoms with van der Waals surface area (Å²) in [4.78, 5) is 33.9. The van der Waals surface area contributed by atoms with Crippen molar-refractivity contribution in [3.05, 3.63) is 92.0 Å². The van der Waals surface area contributed by atoms with E-state index in [9.17, 15) is 25.0 Å². The molecule has 0 aliphatic rings. The minimum absolute atomic E-state index is 0.134. The third kappa shape index (κ3) is 3.88. The Morgan fingerprint density at radius 3 is 1.96 bits per heavy atom. The molecule has 1 unspecified atom stereocenters. The van der Waals surface area contributed by atoms with Crippen LogP contribution >= 0.6 is 0 Å². The zero-order valence-electron chi connectivity index (χ0n) is 11.9. The highest BCUT2D eigenvalue weighted by atomic mass is 16.7. The van der Waals surface area contributed by atoms with Gasteiger partial charge in [-0.05, 0) is 17.1 Å². The van der Waals surface area contributed by atoms with E-state index in [-0.39, 0.29) is 11.1 Å². The number of Topliss-reactive ketones (excluding diaryl/α,β-unsaturated/α-hetero) is 1. The Hall–Kier alpha value is -3.29. The van der Waals surface area contributed by atoms with Crippen LogP contribution in [0.25, 0.3) is 0 Å². The van der Waals surface area contributed by atoms with Crippen LogP contribution in [-0.2, 0) is 0 Å². The number of rotatable bonds is 7. The highest BCUT2D eigenvalue weighted by molar-refractivity contribution is 5.97. The van der Waals surface area contributed by atoms with E-state index in [0.29, 0.717) is 5.01 Å². The summed E-state index contributed by atoms with van der Waals surface area (Å²) in [5.74, 6) is -0.565. The van der Waals surface area contributed by atoms with E-state index >= 15 is 0 Å². The topological polar surface area (TPSA) is 107 Å². The van der Waals surface area contributed by atoms with Crippen molar-refractivity contribution in [1.29, 1.82) is 0 Å². The first kappa shape index (κ1) is 16.1. The molecule has 0 radical (unpaired) electrons. The smallest absolute Gasteiger partial charge is 0.292 e. The van der Waals surface area contributed by atoms with E-state index in [0.717, 1.165) is 0 Å². The monoisotopic (exact) mass is 315 g/mol. The molecule has 118 valence electrons. The summed E-state index contributed by atoms with van der Waals surface area (Å²) in [6.45, 7) is -0.697. The fourth-order valence-electron chi connectivity index (χ4n) is 2.12. The van der Waals surface area contributed by atoms with E-state index in [2.05, 4.69) is 0 Å². The fraction of sp³-hybridized carbons (Fsp3) is 0.133. The SMILES string of the molecule is O=C(CN(C(c1ccccc1)[N+](=O)[O-])[N+](=O)[O-])c1ccccc1. The van der Waals surface area contributed by atoms with Crippen LogP contribution in [0.5, 0.6) is 0 Å². The number of hydrazine groups is 1. The average Bonchev–Trinajstić information content (AvgIpc) is 2.55. The van der Waals surface area contributed by atoms with Gasteiger partial charge in [0.25, 0.3) is 0 Å². The lowest BCUT2D eigenvalue weighted by molar-refractivity contribution is -0.734. The lowest BCUT2D eigenvalue weighted by atomic mass is 10.1. The van der Waals surface area contributed by atoms with Crippen molar-refractivity contribution in [3.63, 3.8) is 0 Å². The Labute approximate surface area is 131 Å². The molecule has 0 aliphatic heterocycles. The number of nitro groups is 2. The maximum atomic E-state index is 12.1. The van der Waals surface area contributed by atoms with Crippen LogP contribution in [0.3, 0.4) is 0 Å². The van der Waals surface area contributed by atoms with Crippen molar-refractivity contribution >= 4 is 5.78 Å². The summed E-state index contributed by atoms with van der Waals surface area (Å²) in [6, 6.07) is 15.5. The summed E-state index contributed by atoms with van der Waals surface area (Å²) in [5, 5.41) is 22.0. The Bertz CT molecular complexity index is 706. The predicted octanol–water partition coefficient (Wildman–Crippen LogP) is 2.34. The second-order valence-corrected chi connectivity index (χ2v) is 4.69. The van der Waals surface area contributed by atoms with Crippen LogP contribution in [0.4, 0.5) is 0 Å². The molecular formula is C15H13N3O5. The van der Waals surface area contributed by atoms with Crippen LogP contribution in [0.2, 0.25) is 0 Å². The first-order valence-electron chi connectivity index (χ1n) is 6.68. The average molecular weight is 315 g/mol. The molecule has 0 heterocycles. The second-order valence-electron chi connectivity index (χ2n) is 4.69. The number of benzene rings is 2. The molecule has 2 aromatic rings. The number of carbonyl (C=O) groups is 1. The van der Waals surface area contributed by atoms with Crippen LogP contribution in [-0.4, -0.2) is 27.3 Å². The molecule has 23 heavy (non-hydrogen) atoms. The van der Waals surface area contributed by atoms with Crippen molar-refractivity contribution in [1.82, 2.24) is 5.01 Å². The molecule has 0 saturated heterocycles. The van der Waals surface area contributed by atoms with Gasteiger partial charge in [0.1, 0.15) is 0 Å². The Kier molecular flexibility index (Phi) is 4.98. The maximum Gasteiger partial charge on any atom is 0.362 e. The van der Waals surface area contributed by atoms with Gasteiger partial charge in [0.15, 0.2) is 17.4 Å². The second kappa shape index (κ2) is 7.12. The molecule has 0 amide bonds. The molecule has 0 aliphatic carbocycles. The van der Waals surface area contributed by atoms with Crippen LogP contribution < -0.4 is 0 Å². The molecule has 8 nitrogen and oxygen atoms in total. The summed E-state index contributed by atoms with van der Waals surface area (Å²) in [6.07, 6.45) is -1.74. The quantitative estimate of drug-likeness (QED) is 0.336. The number of carbonyl (C=O) groups excluding carboxylic acids is 1. The normalized spacial score (nSPS) is 11.5. The Balaban J connectivity index is 2.31. The molecule has 0 fully saturated rings. The van der Waals surface area contributed by atoms with Crippen LogP contribution in [0.1, 0.15) is 22.1 Å². The number of nitrogens with zero attached hydrogens (tertiary/aromatic N) is 3. The van der Waals surface area contributed by atoms with E-state index in [4.69, 9.17) is 0 Å². The third-order valence-corrected chi connectivity index (χ3v) is 3.19. The zero-order valence-corrected chi connectivity index (χ0v) is 11.9. The molecule has 0 spiro atoms. The van der Waals surface area contributed by atoms with Gasteiger partial charge in [-0.2, -0.15) is 0 Å². The van der Waals surface area contributed by atoms with Gasteiger partial charge in [0.05, 0.1) is 10.5 Å². The molecule has 2 aromatic carbocycles. The molecule has 0 bridgehead atoms. The minimum Gasteiger partial charge on any atom is -0.292 e. The first-order valence-corrected chi connectivity index (χ1v) is 6.68. The van der Waals surface area contributed by atoms with Gasteiger partial charge < -0.3 is 0 Å². The fourth-order valence-corrected chi connectivity index (χ4v) is 2.12. The van der Waals surface area contributed by atoms with Crippen LogP contribution in [0.15, 0.2) is 60.7 Å². The Morgan fingerprint density at radius 2 is 1.48 bits per heavy atom. The highest BCUT2D eigenvalue weighted by Crippen LogP contribution is 2.21. The van der Waals surface area contributed by atoms with Gasteiger partial charge in [0.2, 0.25) is 0 Å². The van der Waals surface area contributed by atoms with Gasteiger partial charge in [-0.3, -0.25) is 14.9 Å². The third-order valence-electron chi connectivity index (χ3n) is 3.19. The first-order chi connectivity index (χ1) is 11.0. The van der Waals surface area contributed by atoms with E-state index < -0.39 is 28.4 Å². The van der Waals surface area contributed by atoms with Crippen molar-refractivity contribution in [2.75, 3.05) is 6.54 Å². The maximum absolute atomic E-state index is 12.1. The lowest BCUT2D eigenvalue weighted by Gasteiger charge is -2.17. The van der Waals surface area contributed by atoms with Gasteiger partial charge in [-0.15, -0.1) is 0 Å². The number of hydrogen-bond acceptors (Lipinski definition) is 5. The summed E-state index contributed by atoms with van der Waals surface area (Å²) in [5.41, 5.74) is 0.393. The van der Waals surface area contributed by atoms with Gasteiger partial charge in [0, 0.05) is 5.56 Å². The minimum atomic E-state index is -1.74. The van der Waals surface area contributed by atoms with Crippen molar-refractivity contribution in [3.8, 4) is 0 Å². The predicted molar refractivity (Wildman–Crippen MR) is 80.7 cm³/mol. The van der Waals surface area contributed by atoms with Gasteiger partial charge in [-0.1, -0.05) is 48.5 Å². The molecule has 0 aromatic heterocycles. The highest BCUT2D eigenvalue weighted by Gasteiger charge is 2.39. The molecule has 2 rings (SSSR count). The standard InChI is InChI=1S/C15H13N3O5/c19-14(12-7-3-1-4-8-12)11-16(18(22)23)15(17(20)21)13-9-5-2-6-10-13/h1-10,15H,11H2.